The van der Waals surface area contributed by atoms with E-state index in [0.29, 0.717) is 6.47 Å². The van der Waals surface area contributed by atoms with E-state index >= 15 is 0 Å². The van der Waals surface area contributed by atoms with Gasteiger partial charge in [0.25, 0.3) is 6.47 Å². The van der Waals surface area contributed by atoms with Crippen molar-refractivity contribution in [3.8, 4) is 0 Å². The van der Waals surface area contributed by atoms with Crippen molar-refractivity contribution in [2.45, 2.75) is 45.3 Å². The molecular weight excluding hydrogens is 314 g/mol. The number of piperidine rings is 1. The fourth-order valence-corrected chi connectivity index (χ4v) is 3.30. The molecule has 0 radical (unpaired) electrons. The number of ether oxygens (including phenoxy) is 1. The van der Waals surface area contributed by atoms with Gasteiger partial charge < -0.3 is 15.0 Å². The number of nitrogens with zero attached hydrogens (tertiary/aromatic N) is 2. The highest BCUT2D eigenvalue weighted by Crippen LogP contribution is 2.19. The topological polar surface area (TPSA) is 44.8 Å². The molecule has 0 atom stereocenters. The first-order valence-corrected chi connectivity index (χ1v) is 9.36. The van der Waals surface area contributed by atoms with Crippen LogP contribution in [0.2, 0.25) is 0 Å². The number of carbonyl (C=O) groups excluding carboxylic acids is 1. The predicted molar refractivity (Wildman–Crippen MR) is 103 cm³/mol. The van der Waals surface area contributed by atoms with Crippen molar-refractivity contribution in [3.63, 3.8) is 0 Å². The summed E-state index contributed by atoms with van der Waals surface area (Å²) in [6, 6.07) is 11.6. The van der Waals surface area contributed by atoms with Gasteiger partial charge in [0.05, 0.1) is 0 Å². The molecule has 0 unspecified atom stereocenters. The maximum absolute atomic E-state index is 9.60. The maximum atomic E-state index is 9.60. The van der Waals surface area contributed by atoms with E-state index in [-0.39, 0.29) is 5.60 Å². The molecular formula is C20H33N3O2. The lowest BCUT2D eigenvalue weighted by molar-refractivity contribution is -0.138. The van der Waals surface area contributed by atoms with Crippen LogP contribution < -0.4 is 10.2 Å². The summed E-state index contributed by atoms with van der Waals surface area (Å²) in [6.07, 6.45) is 2.65. The Morgan fingerprint density at radius 3 is 2.12 bits per heavy atom. The number of hydrogen-bond donors (Lipinski definition) is 1. The second-order valence-electron chi connectivity index (χ2n) is 7.67. The summed E-state index contributed by atoms with van der Waals surface area (Å²) < 4.78 is 4.55. The Kier molecular flexibility index (Phi) is 7.72. The summed E-state index contributed by atoms with van der Waals surface area (Å²) in [7, 11) is 0. The first kappa shape index (κ1) is 19.7. The molecule has 2 fully saturated rings. The molecule has 1 aromatic rings. The standard InChI is InChI=1S/C15H23N3.C5H10O2/c1-2-4-14(5-3-1)17-10-12-18(13-11-17)15-6-8-16-9-7-15;1-5(2,3)7-4-6/h1-5,15-16H,6-13H2;4H,1-3H3. The molecule has 2 saturated heterocycles. The largest absolute Gasteiger partial charge is 0.462 e. The van der Waals surface area contributed by atoms with E-state index in [1.807, 2.05) is 20.8 Å². The third kappa shape index (κ3) is 7.04. The summed E-state index contributed by atoms with van der Waals surface area (Å²) in [4.78, 5) is 14.8. The first-order chi connectivity index (χ1) is 12.0. The van der Waals surface area contributed by atoms with Gasteiger partial charge in [0.1, 0.15) is 5.60 Å². The average Bonchev–Trinajstić information content (AvgIpc) is 2.63. The highest BCUT2D eigenvalue weighted by Gasteiger charge is 2.24. The molecule has 0 saturated carbocycles. The minimum Gasteiger partial charge on any atom is -0.462 e. The van der Waals surface area contributed by atoms with Gasteiger partial charge in [-0.05, 0) is 58.8 Å². The van der Waals surface area contributed by atoms with Crippen LogP contribution >= 0.6 is 0 Å². The highest BCUT2D eigenvalue weighted by atomic mass is 16.5. The third-order valence-electron chi connectivity index (χ3n) is 4.66. The zero-order valence-electron chi connectivity index (χ0n) is 15.9. The van der Waals surface area contributed by atoms with Crippen LogP contribution in [-0.2, 0) is 9.53 Å². The quantitative estimate of drug-likeness (QED) is 0.851. The van der Waals surface area contributed by atoms with Crippen LogP contribution in [0.1, 0.15) is 33.6 Å². The maximum Gasteiger partial charge on any atom is 0.293 e. The van der Waals surface area contributed by atoms with E-state index in [9.17, 15) is 4.79 Å². The Balaban J connectivity index is 0.000000277. The van der Waals surface area contributed by atoms with E-state index in [0.717, 1.165) is 6.04 Å². The van der Waals surface area contributed by atoms with Crippen LogP contribution in [0, 0.1) is 0 Å². The fraction of sp³-hybridized carbons (Fsp3) is 0.650. The van der Waals surface area contributed by atoms with E-state index in [2.05, 4.69) is 50.2 Å². The van der Waals surface area contributed by atoms with Gasteiger partial charge in [-0.1, -0.05) is 18.2 Å². The number of benzene rings is 1. The van der Waals surface area contributed by atoms with Gasteiger partial charge in [-0.15, -0.1) is 0 Å². The Bertz CT molecular complexity index is 487. The molecule has 140 valence electrons. The lowest BCUT2D eigenvalue weighted by Gasteiger charge is -2.41. The van der Waals surface area contributed by atoms with E-state index < -0.39 is 0 Å². The SMILES string of the molecule is CC(C)(C)OC=O.c1ccc(N2CCN(C3CCNCC3)CC2)cc1. The summed E-state index contributed by atoms with van der Waals surface area (Å²) in [5.41, 5.74) is 1.06. The van der Waals surface area contributed by atoms with Crippen LogP contribution in [0.4, 0.5) is 5.69 Å². The molecule has 2 heterocycles. The van der Waals surface area contributed by atoms with Gasteiger partial charge in [-0.25, -0.2) is 0 Å². The predicted octanol–water partition coefficient (Wildman–Crippen LogP) is 2.52. The number of piperazine rings is 1. The highest BCUT2D eigenvalue weighted by molar-refractivity contribution is 5.46. The summed E-state index contributed by atoms with van der Waals surface area (Å²) >= 11 is 0. The minimum absolute atomic E-state index is 0.318. The van der Waals surface area contributed by atoms with Gasteiger partial charge in [0, 0.05) is 37.9 Å². The summed E-state index contributed by atoms with van der Waals surface area (Å²) in [6.45, 7) is 13.1. The van der Waals surface area contributed by atoms with Crippen molar-refractivity contribution in [2.24, 2.45) is 0 Å². The van der Waals surface area contributed by atoms with Crippen molar-refractivity contribution >= 4 is 12.2 Å². The van der Waals surface area contributed by atoms with Gasteiger partial charge in [-0.3, -0.25) is 9.69 Å². The van der Waals surface area contributed by atoms with Gasteiger partial charge in [0.2, 0.25) is 0 Å². The fourth-order valence-electron chi connectivity index (χ4n) is 3.30. The molecule has 0 aromatic heterocycles. The van der Waals surface area contributed by atoms with Crippen molar-refractivity contribution in [2.75, 3.05) is 44.2 Å². The molecule has 2 aliphatic heterocycles. The number of nitrogens with one attached hydrogen (secondary N) is 1. The smallest absolute Gasteiger partial charge is 0.293 e. The summed E-state index contributed by atoms with van der Waals surface area (Å²) in [5, 5.41) is 3.45. The molecule has 1 N–H and O–H groups in total. The molecule has 1 aromatic carbocycles. The monoisotopic (exact) mass is 347 g/mol. The van der Waals surface area contributed by atoms with Crippen molar-refractivity contribution in [3.05, 3.63) is 30.3 Å². The van der Waals surface area contributed by atoms with Crippen LogP contribution in [0.3, 0.4) is 0 Å². The Labute approximate surface area is 152 Å². The number of carbonyl (C=O) groups is 1. The van der Waals surface area contributed by atoms with Crippen LogP contribution in [0.25, 0.3) is 0 Å². The lowest BCUT2D eigenvalue weighted by atomic mass is 10.0. The molecule has 0 amide bonds. The molecule has 5 nitrogen and oxygen atoms in total. The number of para-hydroxylation sites is 1. The zero-order valence-corrected chi connectivity index (χ0v) is 15.9. The lowest BCUT2D eigenvalue weighted by Crippen LogP contribution is -2.52. The third-order valence-corrected chi connectivity index (χ3v) is 4.66. The summed E-state index contributed by atoms with van der Waals surface area (Å²) in [5.74, 6) is 0. The second-order valence-corrected chi connectivity index (χ2v) is 7.67. The molecule has 25 heavy (non-hydrogen) atoms. The Morgan fingerprint density at radius 1 is 1.04 bits per heavy atom. The Morgan fingerprint density at radius 2 is 1.64 bits per heavy atom. The van der Waals surface area contributed by atoms with E-state index in [4.69, 9.17) is 0 Å². The van der Waals surface area contributed by atoms with Crippen LogP contribution in [-0.4, -0.2) is 62.3 Å². The number of anilines is 1. The van der Waals surface area contributed by atoms with E-state index in [1.54, 1.807) is 0 Å². The van der Waals surface area contributed by atoms with Gasteiger partial charge >= 0.3 is 0 Å². The molecule has 2 aliphatic rings. The van der Waals surface area contributed by atoms with Crippen LogP contribution in [0.5, 0.6) is 0 Å². The van der Waals surface area contributed by atoms with Crippen molar-refractivity contribution in [1.29, 1.82) is 0 Å². The zero-order chi connectivity index (χ0) is 18.1. The number of rotatable bonds is 3. The first-order valence-electron chi connectivity index (χ1n) is 9.36. The van der Waals surface area contributed by atoms with E-state index in [1.165, 1.54) is 57.8 Å². The molecule has 0 spiro atoms. The molecule has 3 rings (SSSR count). The molecule has 0 aliphatic carbocycles. The van der Waals surface area contributed by atoms with Crippen molar-refractivity contribution in [1.82, 2.24) is 10.2 Å². The number of hydrogen-bond acceptors (Lipinski definition) is 5. The van der Waals surface area contributed by atoms with Crippen LogP contribution in [0.15, 0.2) is 30.3 Å². The minimum atomic E-state index is -0.318. The van der Waals surface area contributed by atoms with Gasteiger partial charge in [-0.2, -0.15) is 0 Å². The molecule has 5 heteroatoms. The van der Waals surface area contributed by atoms with Gasteiger partial charge in [0.15, 0.2) is 0 Å². The second kappa shape index (κ2) is 9.78. The van der Waals surface area contributed by atoms with Crippen molar-refractivity contribution < 1.29 is 9.53 Å². The molecule has 0 bridgehead atoms. The average molecular weight is 348 g/mol. The Hall–Kier alpha value is -1.59. The normalized spacial score (nSPS) is 19.7.